The zero-order valence-electron chi connectivity index (χ0n) is 11.2. The molecular formula is C17H13ClO3. The first kappa shape index (κ1) is 13.7. The first-order valence-electron chi connectivity index (χ1n) is 6.60. The first-order valence-corrected chi connectivity index (χ1v) is 6.98. The minimum atomic E-state index is -0.0816. The van der Waals surface area contributed by atoms with Crippen molar-refractivity contribution in [3.8, 4) is 11.5 Å². The molecule has 0 radical (unpaired) electrons. The fourth-order valence-electron chi connectivity index (χ4n) is 2.04. The van der Waals surface area contributed by atoms with E-state index < -0.39 is 0 Å². The van der Waals surface area contributed by atoms with Crippen LogP contribution in [0.3, 0.4) is 0 Å². The Hall–Kier alpha value is -2.26. The number of hydrogen-bond donors (Lipinski definition) is 0. The molecule has 0 saturated heterocycles. The number of ketones is 1. The predicted molar refractivity (Wildman–Crippen MR) is 82.2 cm³/mol. The summed E-state index contributed by atoms with van der Waals surface area (Å²) < 4.78 is 10.9. The second-order valence-electron chi connectivity index (χ2n) is 4.61. The van der Waals surface area contributed by atoms with E-state index in [1.807, 2.05) is 12.1 Å². The molecule has 0 amide bonds. The van der Waals surface area contributed by atoms with Gasteiger partial charge < -0.3 is 9.47 Å². The van der Waals surface area contributed by atoms with Crippen LogP contribution in [0.1, 0.15) is 15.9 Å². The molecule has 106 valence electrons. The molecule has 0 fully saturated rings. The van der Waals surface area contributed by atoms with E-state index >= 15 is 0 Å². The van der Waals surface area contributed by atoms with Crippen LogP contribution in [0.2, 0.25) is 5.02 Å². The Kier molecular flexibility index (Phi) is 3.93. The number of hydrogen-bond acceptors (Lipinski definition) is 3. The Balaban J connectivity index is 1.77. The number of carbonyl (C=O) groups excluding carboxylic acids is 1. The van der Waals surface area contributed by atoms with Crippen LogP contribution in [0.5, 0.6) is 11.5 Å². The molecule has 2 aromatic rings. The van der Waals surface area contributed by atoms with Gasteiger partial charge in [-0.3, -0.25) is 4.79 Å². The van der Waals surface area contributed by atoms with E-state index in [0.717, 1.165) is 5.56 Å². The van der Waals surface area contributed by atoms with E-state index in [1.54, 1.807) is 36.4 Å². The summed E-state index contributed by atoms with van der Waals surface area (Å²) in [7, 11) is 0. The van der Waals surface area contributed by atoms with E-state index in [9.17, 15) is 4.79 Å². The van der Waals surface area contributed by atoms with Crippen LogP contribution in [0.4, 0.5) is 0 Å². The quantitative estimate of drug-likeness (QED) is 0.635. The molecule has 0 unspecified atom stereocenters. The summed E-state index contributed by atoms with van der Waals surface area (Å²) in [5, 5.41) is 0.672. The van der Waals surface area contributed by atoms with E-state index in [2.05, 4.69) is 0 Å². The highest BCUT2D eigenvalue weighted by Gasteiger charge is 2.13. The summed E-state index contributed by atoms with van der Waals surface area (Å²) in [6.45, 7) is 1.04. The monoisotopic (exact) mass is 300 g/mol. The summed E-state index contributed by atoms with van der Waals surface area (Å²) in [5.41, 5.74) is 1.50. The SMILES string of the molecule is O=C(C=Cc1ccc(Cl)cc1)c1ccc2c(c1)OCCO2. The number of allylic oxidation sites excluding steroid dienone is 1. The van der Waals surface area contributed by atoms with Gasteiger partial charge in [0.15, 0.2) is 17.3 Å². The highest BCUT2D eigenvalue weighted by molar-refractivity contribution is 6.30. The van der Waals surface area contributed by atoms with Crippen molar-refractivity contribution < 1.29 is 14.3 Å². The van der Waals surface area contributed by atoms with E-state index in [-0.39, 0.29) is 5.78 Å². The molecule has 0 saturated carbocycles. The fraction of sp³-hybridized carbons (Fsp3) is 0.118. The van der Waals surface area contributed by atoms with Gasteiger partial charge in [0.05, 0.1) is 0 Å². The molecule has 1 aliphatic rings. The van der Waals surface area contributed by atoms with Gasteiger partial charge in [0.2, 0.25) is 0 Å². The van der Waals surface area contributed by atoms with Gasteiger partial charge in [0.1, 0.15) is 13.2 Å². The second-order valence-corrected chi connectivity index (χ2v) is 5.04. The molecule has 0 atom stereocenters. The third-order valence-electron chi connectivity index (χ3n) is 3.12. The molecule has 4 heteroatoms. The summed E-state index contributed by atoms with van der Waals surface area (Å²) in [5.74, 6) is 1.22. The summed E-state index contributed by atoms with van der Waals surface area (Å²) in [4.78, 5) is 12.2. The van der Waals surface area contributed by atoms with Gasteiger partial charge in [-0.1, -0.05) is 29.8 Å². The summed E-state index contributed by atoms with van der Waals surface area (Å²) in [6, 6.07) is 12.5. The van der Waals surface area contributed by atoms with Gasteiger partial charge in [-0.2, -0.15) is 0 Å². The summed E-state index contributed by atoms with van der Waals surface area (Å²) >= 11 is 5.82. The molecule has 0 spiro atoms. The van der Waals surface area contributed by atoms with Crippen molar-refractivity contribution in [2.24, 2.45) is 0 Å². The Morgan fingerprint density at radius 3 is 2.48 bits per heavy atom. The van der Waals surface area contributed by atoms with E-state index in [0.29, 0.717) is 35.3 Å². The molecule has 0 N–H and O–H groups in total. The van der Waals surface area contributed by atoms with Crippen molar-refractivity contribution in [3.63, 3.8) is 0 Å². The number of fused-ring (bicyclic) bond motifs is 1. The Morgan fingerprint density at radius 1 is 1.00 bits per heavy atom. The van der Waals surface area contributed by atoms with Gasteiger partial charge in [-0.25, -0.2) is 0 Å². The fourth-order valence-corrected chi connectivity index (χ4v) is 2.16. The third kappa shape index (κ3) is 3.26. The smallest absolute Gasteiger partial charge is 0.185 e. The molecule has 2 aromatic carbocycles. The highest BCUT2D eigenvalue weighted by atomic mass is 35.5. The van der Waals surface area contributed by atoms with Crippen LogP contribution >= 0.6 is 11.6 Å². The standard InChI is InChI=1S/C17H13ClO3/c18-14-5-1-12(2-6-14)3-7-15(19)13-4-8-16-17(11-13)21-10-9-20-16/h1-8,11H,9-10H2. The summed E-state index contributed by atoms with van der Waals surface area (Å²) in [6.07, 6.45) is 3.30. The maximum absolute atomic E-state index is 12.2. The van der Waals surface area contributed by atoms with Crippen LogP contribution < -0.4 is 9.47 Å². The van der Waals surface area contributed by atoms with E-state index in [4.69, 9.17) is 21.1 Å². The van der Waals surface area contributed by atoms with Crippen molar-refractivity contribution >= 4 is 23.5 Å². The Morgan fingerprint density at radius 2 is 1.71 bits per heavy atom. The lowest BCUT2D eigenvalue weighted by Gasteiger charge is -2.18. The molecule has 1 heterocycles. The van der Waals surface area contributed by atoms with Crippen molar-refractivity contribution in [3.05, 3.63) is 64.7 Å². The van der Waals surface area contributed by atoms with E-state index in [1.165, 1.54) is 6.08 Å². The molecule has 3 rings (SSSR count). The second kappa shape index (κ2) is 6.02. The number of rotatable bonds is 3. The molecule has 0 bridgehead atoms. The van der Waals surface area contributed by atoms with Gasteiger partial charge in [0, 0.05) is 10.6 Å². The average Bonchev–Trinajstić information content (AvgIpc) is 2.53. The van der Waals surface area contributed by atoms with Gasteiger partial charge in [0.25, 0.3) is 0 Å². The minimum absolute atomic E-state index is 0.0816. The predicted octanol–water partition coefficient (Wildman–Crippen LogP) is 4.01. The molecule has 0 aromatic heterocycles. The lowest BCUT2D eigenvalue weighted by molar-refractivity contribution is 0.104. The lowest BCUT2D eigenvalue weighted by Crippen LogP contribution is -2.15. The van der Waals surface area contributed by atoms with Crippen LogP contribution in [0.25, 0.3) is 6.08 Å². The van der Waals surface area contributed by atoms with Crippen molar-refractivity contribution in [2.45, 2.75) is 0 Å². The van der Waals surface area contributed by atoms with Crippen molar-refractivity contribution in [2.75, 3.05) is 13.2 Å². The maximum atomic E-state index is 12.2. The van der Waals surface area contributed by atoms with Gasteiger partial charge >= 0.3 is 0 Å². The van der Waals surface area contributed by atoms with Crippen LogP contribution in [0, 0.1) is 0 Å². The van der Waals surface area contributed by atoms with Crippen LogP contribution in [-0.4, -0.2) is 19.0 Å². The lowest BCUT2D eigenvalue weighted by atomic mass is 10.1. The Bertz CT molecular complexity index is 690. The molecule has 3 nitrogen and oxygen atoms in total. The van der Waals surface area contributed by atoms with Crippen molar-refractivity contribution in [1.82, 2.24) is 0 Å². The third-order valence-corrected chi connectivity index (χ3v) is 3.38. The van der Waals surface area contributed by atoms with Gasteiger partial charge in [-0.15, -0.1) is 0 Å². The van der Waals surface area contributed by atoms with Gasteiger partial charge in [-0.05, 0) is 42.0 Å². The molecule has 1 aliphatic heterocycles. The number of ether oxygens (including phenoxy) is 2. The van der Waals surface area contributed by atoms with Crippen molar-refractivity contribution in [1.29, 1.82) is 0 Å². The first-order chi connectivity index (χ1) is 10.2. The largest absolute Gasteiger partial charge is 0.486 e. The molecule has 0 aliphatic carbocycles. The topological polar surface area (TPSA) is 35.5 Å². The number of benzene rings is 2. The minimum Gasteiger partial charge on any atom is -0.486 e. The normalized spacial score (nSPS) is 13.4. The highest BCUT2D eigenvalue weighted by Crippen LogP contribution is 2.30. The molecular weight excluding hydrogens is 288 g/mol. The number of carbonyl (C=O) groups is 1. The number of halogens is 1. The average molecular weight is 301 g/mol. The van der Waals surface area contributed by atoms with Crippen LogP contribution in [0.15, 0.2) is 48.5 Å². The Labute approximate surface area is 127 Å². The maximum Gasteiger partial charge on any atom is 0.185 e. The van der Waals surface area contributed by atoms with Crippen LogP contribution in [-0.2, 0) is 0 Å². The zero-order valence-corrected chi connectivity index (χ0v) is 12.0. The zero-order chi connectivity index (χ0) is 14.7. The molecule has 21 heavy (non-hydrogen) atoms.